The first-order valence-electron chi connectivity index (χ1n) is 7.53. The quantitative estimate of drug-likeness (QED) is 0.748. The highest BCUT2D eigenvalue weighted by molar-refractivity contribution is 7.13. The zero-order valence-electron chi connectivity index (χ0n) is 12.9. The molecule has 24 heavy (non-hydrogen) atoms. The zero-order valence-corrected chi connectivity index (χ0v) is 14.4. The molecule has 1 amide bonds. The van der Waals surface area contributed by atoms with Crippen LogP contribution in [0, 0.1) is 6.92 Å². The minimum Gasteiger partial charge on any atom is -0.356 e. The topological polar surface area (TPSA) is 68.0 Å². The molecule has 0 radical (unpaired) electrons. The number of nitrogens with one attached hydrogen (secondary N) is 1. The smallest absolute Gasteiger partial charge is 0.238 e. The van der Waals surface area contributed by atoms with Gasteiger partial charge in [0.05, 0.1) is 16.8 Å². The Morgan fingerprint density at radius 1 is 1.33 bits per heavy atom. The van der Waals surface area contributed by atoms with Gasteiger partial charge in [-0.25, -0.2) is 4.98 Å². The minimum atomic E-state index is -0.603. The van der Waals surface area contributed by atoms with Crippen LogP contribution >= 0.6 is 22.9 Å². The Morgan fingerprint density at radius 2 is 2.08 bits per heavy atom. The molecule has 0 bridgehead atoms. The number of amides is 1. The summed E-state index contributed by atoms with van der Waals surface area (Å²) in [4.78, 5) is 16.9. The molecule has 1 aliphatic rings. The maximum absolute atomic E-state index is 12.7. The summed E-state index contributed by atoms with van der Waals surface area (Å²) in [6.07, 6.45) is 1.52. The summed E-state index contributed by atoms with van der Waals surface area (Å²) in [7, 11) is 0. The molecule has 2 aromatic heterocycles. The standard InChI is InChI=1S/C17H14ClN3O2S/c1-10-9-24-16(19-10)20-15(22)17(6-7-17)14-8-13(23-21-14)11-2-4-12(18)5-3-11/h2-5,8-9H,6-7H2,1H3,(H,19,20,22). The summed E-state index contributed by atoms with van der Waals surface area (Å²) in [6, 6.07) is 9.16. The lowest BCUT2D eigenvalue weighted by atomic mass is 10.0. The van der Waals surface area contributed by atoms with Crippen LogP contribution in [0.25, 0.3) is 11.3 Å². The molecular formula is C17H14ClN3O2S. The van der Waals surface area contributed by atoms with Gasteiger partial charge >= 0.3 is 0 Å². The second kappa shape index (κ2) is 5.72. The number of halogens is 1. The molecular weight excluding hydrogens is 346 g/mol. The Balaban J connectivity index is 1.57. The molecule has 5 nitrogen and oxygen atoms in total. The van der Waals surface area contributed by atoms with Gasteiger partial charge in [0, 0.05) is 22.0 Å². The van der Waals surface area contributed by atoms with Gasteiger partial charge in [0.2, 0.25) is 5.91 Å². The molecule has 0 atom stereocenters. The van der Waals surface area contributed by atoms with Gasteiger partial charge in [-0.3, -0.25) is 4.79 Å². The number of hydrogen-bond acceptors (Lipinski definition) is 5. The van der Waals surface area contributed by atoms with Gasteiger partial charge in [-0.05, 0) is 44.0 Å². The fraction of sp³-hybridized carbons (Fsp3) is 0.235. The van der Waals surface area contributed by atoms with Gasteiger partial charge in [-0.2, -0.15) is 0 Å². The van der Waals surface area contributed by atoms with Crippen molar-refractivity contribution < 1.29 is 9.32 Å². The molecule has 122 valence electrons. The molecule has 1 aromatic carbocycles. The molecule has 0 aliphatic heterocycles. The number of aromatic nitrogens is 2. The Labute approximate surface area is 147 Å². The fourth-order valence-corrected chi connectivity index (χ4v) is 3.41. The van der Waals surface area contributed by atoms with Crippen LogP contribution in [-0.4, -0.2) is 16.0 Å². The summed E-state index contributed by atoms with van der Waals surface area (Å²) in [6.45, 7) is 1.90. The number of carbonyl (C=O) groups excluding carboxylic acids is 1. The van der Waals surface area contributed by atoms with E-state index in [1.54, 1.807) is 12.1 Å². The molecule has 0 unspecified atom stereocenters. The van der Waals surface area contributed by atoms with Crippen molar-refractivity contribution in [1.82, 2.24) is 10.1 Å². The summed E-state index contributed by atoms with van der Waals surface area (Å²) in [5, 5.41) is 10.2. The second-order valence-corrected chi connectivity index (χ2v) is 7.21. The van der Waals surface area contributed by atoms with Crippen LogP contribution in [0.1, 0.15) is 24.2 Å². The molecule has 0 saturated heterocycles. The number of anilines is 1. The third kappa shape index (κ3) is 2.72. The number of aryl methyl sites for hydroxylation is 1. The van der Waals surface area contributed by atoms with Gasteiger partial charge in [-0.1, -0.05) is 16.8 Å². The molecule has 1 fully saturated rings. The van der Waals surface area contributed by atoms with Crippen LogP contribution in [0.15, 0.2) is 40.2 Å². The first kappa shape index (κ1) is 15.4. The number of thiazole rings is 1. The van der Waals surface area contributed by atoms with Crippen LogP contribution in [0.5, 0.6) is 0 Å². The van der Waals surface area contributed by atoms with Crippen molar-refractivity contribution in [3.8, 4) is 11.3 Å². The molecule has 1 N–H and O–H groups in total. The van der Waals surface area contributed by atoms with Crippen molar-refractivity contribution >= 4 is 34.0 Å². The van der Waals surface area contributed by atoms with E-state index in [2.05, 4.69) is 15.5 Å². The van der Waals surface area contributed by atoms with Crippen LogP contribution in [0.2, 0.25) is 5.02 Å². The van der Waals surface area contributed by atoms with Crippen molar-refractivity contribution in [2.24, 2.45) is 0 Å². The number of hydrogen-bond donors (Lipinski definition) is 1. The average molecular weight is 360 g/mol. The Kier molecular flexibility index (Phi) is 3.66. The highest BCUT2D eigenvalue weighted by Gasteiger charge is 2.54. The van der Waals surface area contributed by atoms with Crippen molar-refractivity contribution in [1.29, 1.82) is 0 Å². The van der Waals surface area contributed by atoms with E-state index >= 15 is 0 Å². The Hall–Kier alpha value is -2.18. The van der Waals surface area contributed by atoms with Crippen LogP contribution in [0.3, 0.4) is 0 Å². The molecule has 3 aromatic rings. The average Bonchev–Trinajstić information content (AvgIpc) is 3.05. The number of carbonyl (C=O) groups is 1. The lowest BCUT2D eigenvalue weighted by molar-refractivity contribution is -0.118. The molecule has 1 saturated carbocycles. The predicted octanol–water partition coefficient (Wildman–Crippen LogP) is 4.43. The second-order valence-electron chi connectivity index (χ2n) is 5.91. The first-order valence-corrected chi connectivity index (χ1v) is 8.79. The summed E-state index contributed by atoms with van der Waals surface area (Å²) >= 11 is 7.32. The van der Waals surface area contributed by atoms with Crippen LogP contribution < -0.4 is 5.32 Å². The summed E-state index contributed by atoms with van der Waals surface area (Å²) in [5.41, 5.74) is 1.84. The summed E-state index contributed by atoms with van der Waals surface area (Å²) in [5.74, 6) is 0.554. The number of nitrogens with zero attached hydrogens (tertiary/aromatic N) is 2. The van der Waals surface area contributed by atoms with Crippen molar-refractivity contribution in [3.05, 3.63) is 52.1 Å². The SMILES string of the molecule is Cc1csc(NC(=O)C2(c3cc(-c4ccc(Cl)cc4)on3)CC2)n1. The monoisotopic (exact) mass is 359 g/mol. The molecule has 2 heterocycles. The number of benzene rings is 1. The van der Waals surface area contributed by atoms with Crippen molar-refractivity contribution in [2.75, 3.05) is 5.32 Å². The van der Waals surface area contributed by atoms with Gasteiger partial charge in [0.25, 0.3) is 0 Å². The maximum atomic E-state index is 12.7. The van der Waals surface area contributed by atoms with E-state index in [4.69, 9.17) is 16.1 Å². The van der Waals surface area contributed by atoms with Crippen LogP contribution in [0.4, 0.5) is 5.13 Å². The van der Waals surface area contributed by atoms with E-state index in [1.807, 2.05) is 30.5 Å². The largest absolute Gasteiger partial charge is 0.356 e. The molecule has 1 aliphatic carbocycles. The zero-order chi connectivity index (χ0) is 16.7. The van der Waals surface area contributed by atoms with Crippen molar-refractivity contribution in [2.45, 2.75) is 25.2 Å². The number of rotatable bonds is 4. The Morgan fingerprint density at radius 3 is 2.71 bits per heavy atom. The highest BCUT2D eigenvalue weighted by atomic mass is 35.5. The summed E-state index contributed by atoms with van der Waals surface area (Å²) < 4.78 is 5.44. The minimum absolute atomic E-state index is 0.0761. The lowest BCUT2D eigenvalue weighted by Gasteiger charge is -2.10. The highest BCUT2D eigenvalue weighted by Crippen LogP contribution is 2.49. The lowest BCUT2D eigenvalue weighted by Crippen LogP contribution is -2.28. The third-order valence-electron chi connectivity index (χ3n) is 4.15. The third-order valence-corrected chi connectivity index (χ3v) is 5.28. The van der Waals surface area contributed by atoms with E-state index in [-0.39, 0.29) is 5.91 Å². The Bertz CT molecular complexity index is 897. The van der Waals surface area contributed by atoms with Crippen LogP contribution in [-0.2, 0) is 10.2 Å². The molecule has 4 rings (SSSR count). The molecule has 0 spiro atoms. The van der Waals surface area contributed by atoms with E-state index in [1.165, 1.54) is 11.3 Å². The normalized spacial score (nSPS) is 15.2. The van der Waals surface area contributed by atoms with Crippen molar-refractivity contribution in [3.63, 3.8) is 0 Å². The van der Waals surface area contributed by atoms with E-state index in [0.29, 0.717) is 21.6 Å². The van der Waals surface area contributed by atoms with E-state index < -0.39 is 5.41 Å². The van der Waals surface area contributed by atoms with E-state index in [9.17, 15) is 4.79 Å². The van der Waals surface area contributed by atoms with Gasteiger partial charge < -0.3 is 9.84 Å². The van der Waals surface area contributed by atoms with Gasteiger partial charge in [0.15, 0.2) is 10.9 Å². The van der Waals surface area contributed by atoms with E-state index in [0.717, 1.165) is 24.1 Å². The fourth-order valence-electron chi connectivity index (χ4n) is 2.60. The van der Waals surface area contributed by atoms with Gasteiger partial charge in [-0.15, -0.1) is 11.3 Å². The first-order chi connectivity index (χ1) is 11.6. The van der Waals surface area contributed by atoms with Gasteiger partial charge in [0.1, 0.15) is 0 Å². The maximum Gasteiger partial charge on any atom is 0.238 e. The predicted molar refractivity (Wildman–Crippen MR) is 93.3 cm³/mol. The molecule has 7 heteroatoms.